The molecule has 0 radical (unpaired) electrons. The van der Waals surface area contributed by atoms with Crippen LogP contribution in [0.3, 0.4) is 0 Å². The van der Waals surface area contributed by atoms with Crippen LogP contribution in [0.5, 0.6) is 0 Å². The fraction of sp³-hybridized carbons (Fsp3) is 0.400. The minimum absolute atomic E-state index is 0.691. The number of rotatable bonds is 2. The summed E-state index contributed by atoms with van der Waals surface area (Å²) in [5.41, 5.74) is 2.79. The number of hydrogen-bond donors (Lipinski definition) is 0. The first kappa shape index (κ1) is 9.04. The van der Waals surface area contributed by atoms with E-state index >= 15 is 0 Å². The molecule has 60 valence electrons. The predicted octanol–water partition coefficient (Wildman–Crippen LogP) is 3.53. The van der Waals surface area contributed by atoms with Crippen molar-refractivity contribution in [3.05, 3.63) is 35.4 Å². The van der Waals surface area contributed by atoms with Crippen LogP contribution in [0.25, 0.3) is 0 Å². The summed E-state index contributed by atoms with van der Waals surface area (Å²) in [4.78, 5) is 0. The smallest absolute Gasteiger partial charge is 0.00616 e. The van der Waals surface area contributed by atoms with Gasteiger partial charge in [-0.15, -0.1) is 0 Å². The third-order valence-electron chi connectivity index (χ3n) is 1.88. The van der Waals surface area contributed by atoms with E-state index in [9.17, 15) is 0 Å². The van der Waals surface area contributed by atoms with Crippen LogP contribution in [-0.2, 0) is 0 Å². The highest BCUT2D eigenvalue weighted by molar-refractivity contribution is 14.1. The number of benzene rings is 1. The average molecular weight is 260 g/mol. The number of halogens is 1. The second-order valence-corrected chi connectivity index (χ2v) is 3.85. The molecule has 0 aliphatic carbocycles. The molecule has 1 aromatic rings. The largest absolute Gasteiger partial charge is 0.0857 e. The maximum atomic E-state index is 2.43. The average Bonchev–Trinajstić information content (AvgIpc) is 2.05. The van der Waals surface area contributed by atoms with Gasteiger partial charge in [0.15, 0.2) is 0 Å². The van der Waals surface area contributed by atoms with Gasteiger partial charge in [0.25, 0.3) is 0 Å². The number of aryl methyl sites for hydroxylation is 1. The molecule has 1 heteroatoms. The van der Waals surface area contributed by atoms with E-state index in [0.29, 0.717) is 5.92 Å². The van der Waals surface area contributed by atoms with Crippen molar-refractivity contribution in [1.82, 2.24) is 0 Å². The lowest BCUT2D eigenvalue weighted by molar-refractivity contribution is 0.895. The molecule has 0 saturated carbocycles. The van der Waals surface area contributed by atoms with Crippen molar-refractivity contribution < 1.29 is 0 Å². The van der Waals surface area contributed by atoms with E-state index in [-0.39, 0.29) is 0 Å². The van der Waals surface area contributed by atoms with E-state index < -0.39 is 0 Å². The predicted molar refractivity (Wildman–Crippen MR) is 58.5 cm³/mol. The molecule has 1 atom stereocenters. The lowest BCUT2D eigenvalue weighted by Gasteiger charge is -2.07. The lowest BCUT2D eigenvalue weighted by atomic mass is 10.0. The molecular formula is C10H13I. The second-order valence-electron chi connectivity index (χ2n) is 2.97. The maximum Gasteiger partial charge on any atom is 0.00616 e. The maximum absolute atomic E-state index is 2.43. The van der Waals surface area contributed by atoms with E-state index in [2.05, 4.69) is 60.7 Å². The lowest BCUT2D eigenvalue weighted by Crippen LogP contribution is -1.93. The monoisotopic (exact) mass is 260 g/mol. The zero-order valence-electron chi connectivity index (χ0n) is 6.97. The van der Waals surface area contributed by atoms with Crippen molar-refractivity contribution in [3.8, 4) is 0 Å². The Morgan fingerprint density at radius 3 is 2.27 bits per heavy atom. The standard InChI is InChI=1S/C10H13I/c1-8-3-5-10(6-4-8)9(2)7-11/h3-6,9H,7H2,1-2H3/t9-/m0/s1. The first-order valence-electron chi connectivity index (χ1n) is 3.86. The van der Waals surface area contributed by atoms with Gasteiger partial charge >= 0.3 is 0 Å². The fourth-order valence-electron chi connectivity index (χ4n) is 0.984. The molecule has 1 aromatic carbocycles. The normalized spacial score (nSPS) is 13.0. The van der Waals surface area contributed by atoms with Gasteiger partial charge in [0.05, 0.1) is 0 Å². The van der Waals surface area contributed by atoms with Gasteiger partial charge in [-0.3, -0.25) is 0 Å². The molecule has 0 N–H and O–H groups in total. The molecule has 0 unspecified atom stereocenters. The van der Waals surface area contributed by atoms with Gasteiger partial charge < -0.3 is 0 Å². The van der Waals surface area contributed by atoms with Crippen LogP contribution in [0, 0.1) is 6.92 Å². The van der Waals surface area contributed by atoms with Gasteiger partial charge in [0, 0.05) is 4.43 Å². The Bertz CT molecular complexity index is 213. The van der Waals surface area contributed by atoms with Crippen molar-refractivity contribution in [2.75, 3.05) is 4.43 Å². The van der Waals surface area contributed by atoms with Gasteiger partial charge in [0.1, 0.15) is 0 Å². The summed E-state index contributed by atoms with van der Waals surface area (Å²) >= 11 is 2.43. The molecule has 0 saturated heterocycles. The van der Waals surface area contributed by atoms with Crippen molar-refractivity contribution in [2.45, 2.75) is 19.8 Å². The number of hydrogen-bond acceptors (Lipinski definition) is 0. The van der Waals surface area contributed by atoms with Gasteiger partial charge in [-0.2, -0.15) is 0 Å². The third kappa shape index (κ3) is 2.47. The van der Waals surface area contributed by atoms with Crippen LogP contribution in [-0.4, -0.2) is 4.43 Å². The summed E-state index contributed by atoms with van der Waals surface area (Å²) in [6, 6.07) is 8.80. The summed E-state index contributed by atoms with van der Waals surface area (Å²) in [6.07, 6.45) is 0. The molecule has 0 heterocycles. The second kappa shape index (κ2) is 4.10. The topological polar surface area (TPSA) is 0 Å². The molecule has 0 aliphatic heterocycles. The van der Waals surface area contributed by atoms with Crippen LogP contribution in [0.4, 0.5) is 0 Å². The molecule has 0 bridgehead atoms. The van der Waals surface area contributed by atoms with Gasteiger partial charge in [-0.05, 0) is 18.4 Å². The van der Waals surface area contributed by atoms with Crippen LogP contribution in [0.1, 0.15) is 24.0 Å². The molecule has 0 amide bonds. The van der Waals surface area contributed by atoms with Gasteiger partial charge in [-0.1, -0.05) is 59.3 Å². The molecular weight excluding hydrogens is 247 g/mol. The Kier molecular flexibility index (Phi) is 3.37. The molecule has 0 aliphatic rings. The highest BCUT2D eigenvalue weighted by Gasteiger charge is 2.01. The van der Waals surface area contributed by atoms with E-state index in [0.717, 1.165) is 0 Å². The molecule has 0 fully saturated rings. The molecule has 1 rings (SSSR count). The van der Waals surface area contributed by atoms with Gasteiger partial charge in [0.2, 0.25) is 0 Å². The summed E-state index contributed by atoms with van der Waals surface area (Å²) in [7, 11) is 0. The van der Waals surface area contributed by atoms with E-state index in [1.807, 2.05) is 0 Å². The Morgan fingerprint density at radius 1 is 1.27 bits per heavy atom. The van der Waals surface area contributed by atoms with Crippen molar-refractivity contribution >= 4 is 22.6 Å². The Morgan fingerprint density at radius 2 is 1.82 bits per heavy atom. The van der Waals surface area contributed by atoms with Crippen LogP contribution in [0.15, 0.2) is 24.3 Å². The molecule has 0 aromatic heterocycles. The quantitative estimate of drug-likeness (QED) is 0.563. The van der Waals surface area contributed by atoms with Crippen LogP contribution in [0.2, 0.25) is 0 Å². The molecule has 0 nitrogen and oxygen atoms in total. The first-order chi connectivity index (χ1) is 5.24. The van der Waals surface area contributed by atoms with Crippen LogP contribution < -0.4 is 0 Å². The third-order valence-corrected chi connectivity index (χ3v) is 3.20. The zero-order chi connectivity index (χ0) is 8.27. The molecule has 0 spiro atoms. The van der Waals surface area contributed by atoms with Crippen molar-refractivity contribution in [1.29, 1.82) is 0 Å². The first-order valence-corrected chi connectivity index (χ1v) is 5.39. The van der Waals surface area contributed by atoms with Gasteiger partial charge in [-0.25, -0.2) is 0 Å². The summed E-state index contributed by atoms with van der Waals surface area (Å²) in [6.45, 7) is 4.38. The number of alkyl halides is 1. The van der Waals surface area contributed by atoms with Crippen molar-refractivity contribution in [2.24, 2.45) is 0 Å². The zero-order valence-corrected chi connectivity index (χ0v) is 9.13. The summed E-state index contributed by atoms with van der Waals surface area (Å²) in [5.74, 6) is 0.691. The minimum atomic E-state index is 0.691. The van der Waals surface area contributed by atoms with E-state index in [1.165, 1.54) is 15.6 Å². The Labute approximate surface area is 82.2 Å². The SMILES string of the molecule is Cc1ccc([C@@H](C)CI)cc1. The van der Waals surface area contributed by atoms with E-state index in [4.69, 9.17) is 0 Å². The van der Waals surface area contributed by atoms with Crippen molar-refractivity contribution in [3.63, 3.8) is 0 Å². The molecule has 11 heavy (non-hydrogen) atoms. The Hall–Kier alpha value is -0.0500. The highest BCUT2D eigenvalue weighted by Crippen LogP contribution is 2.17. The minimum Gasteiger partial charge on any atom is -0.0857 e. The summed E-state index contributed by atoms with van der Waals surface area (Å²) < 4.78 is 1.20. The summed E-state index contributed by atoms with van der Waals surface area (Å²) in [5, 5.41) is 0. The fourth-order valence-corrected chi connectivity index (χ4v) is 1.49. The van der Waals surface area contributed by atoms with Crippen LogP contribution >= 0.6 is 22.6 Å². The Balaban J connectivity index is 2.81. The van der Waals surface area contributed by atoms with E-state index in [1.54, 1.807) is 0 Å². The highest BCUT2D eigenvalue weighted by atomic mass is 127.